The normalized spacial score (nSPS) is 17.1. The maximum atomic E-state index is 13.8. The number of amides is 2. The van der Waals surface area contributed by atoms with Crippen LogP contribution >= 0.6 is 23.1 Å². The molecular weight excluding hydrogens is 512 g/mol. The molecule has 37 heavy (non-hydrogen) atoms. The van der Waals surface area contributed by atoms with Gasteiger partial charge < -0.3 is 15.0 Å². The number of Topliss-reactive ketones (excluding diaryl/α,β-unsaturated/α-hetero) is 1. The maximum Gasteiger partial charge on any atom is 0.263 e. The van der Waals surface area contributed by atoms with Gasteiger partial charge in [0.1, 0.15) is 4.83 Å². The predicted molar refractivity (Wildman–Crippen MR) is 143 cm³/mol. The van der Waals surface area contributed by atoms with Crippen molar-refractivity contribution in [3.63, 3.8) is 0 Å². The van der Waals surface area contributed by atoms with Crippen LogP contribution in [-0.4, -0.2) is 57.1 Å². The lowest BCUT2D eigenvalue weighted by Gasteiger charge is -2.25. The number of ether oxygens (including phenoxy) is 1. The van der Waals surface area contributed by atoms with E-state index in [-0.39, 0.29) is 35.0 Å². The average molecular weight is 541 g/mol. The zero-order valence-electron chi connectivity index (χ0n) is 20.7. The molecule has 2 aliphatic heterocycles. The van der Waals surface area contributed by atoms with E-state index in [9.17, 15) is 19.2 Å². The summed E-state index contributed by atoms with van der Waals surface area (Å²) in [6.45, 7) is 5.17. The van der Waals surface area contributed by atoms with Crippen LogP contribution in [-0.2, 0) is 33.8 Å². The number of anilines is 1. The van der Waals surface area contributed by atoms with Crippen molar-refractivity contribution in [3.8, 4) is 0 Å². The van der Waals surface area contributed by atoms with Gasteiger partial charge in [-0.2, -0.15) is 0 Å². The molecule has 1 fully saturated rings. The number of nitrogens with one attached hydrogen (secondary N) is 1. The van der Waals surface area contributed by atoms with Gasteiger partial charge >= 0.3 is 0 Å². The summed E-state index contributed by atoms with van der Waals surface area (Å²) in [5.74, 6) is -0.266. The van der Waals surface area contributed by atoms with Crippen LogP contribution < -0.4 is 10.9 Å². The van der Waals surface area contributed by atoms with Gasteiger partial charge in [0.15, 0.2) is 10.9 Å². The number of aromatic nitrogens is 2. The number of carbonyl (C=O) groups excluding carboxylic acids is 3. The number of thioether (sulfide) groups is 1. The Morgan fingerprint density at radius 3 is 2.84 bits per heavy atom. The van der Waals surface area contributed by atoms with Crippen molar-refractivity contribution in [1.29, 1.82) is 0 Å². The summed E-state index contributed by atoms with van der Waals surface area (Å²) < 4.78 is 7.45. The highest BCUT2D eigenvalue weighted by Gasteiger charge is 2.27. The van der Waals surface area contributed by atoms with E-state index in [1.807, 2.05) is 0 Å². The van der Waals surface area contributed by atoms with Crippen molar-refractivity contribution >= 4 is 56.6 Å². The minimum absolute atomic E-state index is 0.0166. The summed E-state index contributed by atoms with van der Waals surface area (Å²) >= 11 is 2.65. The monoisotopic (exact) mass is 540 g/mol. The van der Waals surface area contributed by atoms with E-state index in [1.54, 1.807) is 40.7 Å². The molecule has 2 aromatic heterocycles. The first-order chi connectivity index (χ1) is 17.8. The maximum absolute atomic E-state index is 13.8. The molecule has 194 valence electrons. The fraction of sp³-hybridized carbons (Fsp3) is 0.423. The molecular formula is C26H28N4O5S2. The molecule has 4 heterocycles. The molecule has 2 amide bonds. The Hall–Kier alpha value is -3.02. The topological polar surface area (TPSA) is 111 Å². The highest BCUT2D eigenvalue weighted by Crippen LogP contribution is 2.34. The molecule has 9 nitrogen and oxygen atoms in total. The molecule has 0 bridgehead atoms. The van der Waals surface area contributed by atoms with E-state index in [1.165, 1.54) is 30.0 Å². The Kier molecular flexibility index (Phi) is 7.45. The van der Waals surface area contributed by atoms with E-state index in [2.05, 4.69) is 5.32 Å². The lowest BCUT2D eigenvalue weighted by Crippen LogP contribution is -2.34. The number of benzene rings is 1. The first-order valence-electron chi connectivity index (χ1n) is 12.3. The van der Waals surface area contributed by atoms with Gasteiger partial charge in [0, 0.05) is 36.2 Å². The third-order valence-corrected chi connectivity index (χ3v) is 8.75. The molecule has 3 aromatic rings. The lowest BCUT2D eigenvalue weighted by atomic mass is 10.1. The van der Waals surface area contributed by atoms with E-state index in [0.29, 0.717) is 59.3 Å². The minimum Gasteiger partial charge on any atom is -0.376 e. The summed E-state index contributed by atoms with van der Waals surface area (Å²) in [5.41, 5.74) is 1.93. The molecule has 0 unspecified atom stereocenters. The molecule has 1 saturated heterocycles. The summed E-state index contributed by atoms with van der Waals surface area (Å²) in [4.78, 5) is 58.3. The van der Waals surface area contributed by atoms with Gasteiger partial charge in [-0.05, 0) is 43.9 Å². The van der Waals surface area contributed by atoms with Crippen LogP contribution in [0.15, 0.2) is 34.2 Å². The third-order valence-electron chi connectivity index (χ3n) is 6.67. The van der Waals surface area contributed by atoms with Crippen LogP contribution in [0.3, 0.4) is 0 Å². The lowest BCUT2D eigenvalue weighted by molar-refractivity contribution is -0.129. The molecule has 2 aliphatic rings. The van der Waals surface area contributed by atoms with Crippen molar-refractivity contribution in [2.24, 2.45) is 0 Å². The number of carbonyl (C=O) groups is 3. The second-order valence-corrected chi connectivity index (χ2v) is 11.3. The Morgan fingerprint density at radius 2 is 2.11 bits per heavy atom. The van der Waals surface area contributed by atoms with Crippen molar-refractivity contribution in [2.75, 3.05) is 24.2 Å². The fourth-order valence-corrected chi connectivity index (χ4v) is 6.82. The van der Waals surface area contributed by atoms with Crippen LogP contribution in [0.5, 0.6) is 0 Å². The van der Waals surface area contributed by atoms with Gasteiger partial charge in [-0.3, -0.25) is 23.7 Å². The second-order valence-electron chi connectivity index (χ2n) is 9.29. The van der Waals surface area contributed by atoms with E-state index >= 15 is 0 Å². The largest absolute Gasteiger partial charge is 0.376 e. The molecule has 0 aliphatic carbocycles. The second kappa shape index (κ2) is 10.8. The number of thiophene rings is 1. The van der Waals surface area contributed by atoms with Gasteiger partial charge in [-0.1, -0.05) is 23.9 Å². The quantitative estimate of drug-likeness (QED) is 0.278. The van der Waals surface area contributed by atoms with Crippen LogP contribution in [0.1, 0.15) is 47.5 Å². The first-order valence-corrected chi connectivity index (χ1v) is 14.1. The van der Waals surface area contributed by atoms with Gasteiger partial charge in [-0.15, -0.1) is 11.3 Å². The third kappa shape index (κ3) is 5.48. The Labute approximate surface area is 222 Å². The van der Waals surface area contributed by atoms with Crippen molar-refractivity contribution in [2.45, 2.75) is 57.5 Å². The van der Waals surface area contributed by atoms with Crippen LogP contribution in [0, 0.1) is 0 Å². The number of hydrogen-bond acceptors (Lipinski definition) is 8. The molecule has 0 radical (unpaired) electrons. The number of nitrogens with zero attached hydrogens (tertiary/aromatic N) is 3. The average Bonchev–Trinajstić information content (AvgIpc) is 3.51. The SMILES string of the molecule is CC(=O)c1cccc(NC(=O)CSc2nc3sc4c(c3c(=O)n2C[C@H]2CCCO2)CCN(C(C)=O)C4)c1. The van der Waals surface area contributed by atoms with Crippen molar-refractivity contribution in [1.82, 2.24) is 14.5 Å². The van der Waals surface area contributed by atoms with Crippen LogP contribution in [0.25, 0.3) is 10.2 Å². The van der Waals surface area contributed by atoms with Crippen molar-refractivity contribution in [3.05, 3.63) is 50.6 Å². The molecule has 1 aromatic carbocycles. The Balaban J connectivity index is 1.42. The fourth-order valence-electron chi connectivity index (χ4n) is 4.73. The summed E-state index contributed by atoms with van der Waals surface area (Å²) in [7, 11) is 0. The van der Waals surface area contributed by atoms with Gasteiger partial charge in [0.25, 0.3) is 5.56 Å². The number of hydrogen-bond donors (Lipinski definition) is 1. The van der Waals surface area contributed by atoms with Gasteiger partial charge in [0.05, 0.1) is 30.3 Å². The summed E-state index contributed by atoms with van der Waals surface area (Å²) in [5, 5.41) is 3.92. The smallest absolute Gasteiger partial charge is 0.263 e. The zero-order valence-corrected chi connectivity index (χ0v) is 22.4. The molecule has 1 N–H and O–H groups in total. The highest BCUT2D eigenvalue weighted by atomic mass is 32.2. The Bertz CT molecular complexity index is 1440. The first kappa shape index (κ1) is 25.6. The molecule has 11 heteroatoms. The molecule has 1 atom stereocenters. The molecule has 5 rings (SSSR count). The number of fused-ring (bicyclic) bond motifs is 3. The number of ketones is 1. The van der Waals surface area contributed by atoms with E-state index in [4.69, 9.17) is 9.72 Å². The van der Waals surface area contributed by atoms with E-state index < -0.39 is 0 Å². The van der Waals surface area contributed by atoms with E-state index in [0.717, 1.165) is 23.3 Å². The standard InChI is InChI=1S/C26H28N4O5S2/c1-15(31)17-5-3-6-18(11-17)27-22(33)14-36-26-28-24-23(25(34)30(26)12-19-7-4-10-35-19)20-8-9-29(16(2)32)13-21(20)37-24/h3,5-6,11,19H,4,7-10,12-14H2,1-2H3,(H,27,33)/t19-/m1/s1. The van der Waals surface area contributed by atoms with Crippen LogP contribution in [0.4, 0.5) is 5.69 Å². The van der Waals surface area contributed by atoms with Gasteiger partial charge in [0.2, 0.25) is 11.8 Å². The zero-order chi connectivity index (χ0) is 26.1. The predicted octanol–water partition coefficient (Wildman–Crippen LogP) is 3.48. The Morgan fingerprint density at radius 1 is 1.27 bits per heavy atom. The molecule has 0 saturated carbocycles. The summed E-state index contributed by atoms with van der Waals surface area (Å²) in [6.07, 6.45) is 2.38. The number of rotatable bonds is 7. The molecule has 0 spiro atoms. The summed E-state index contributed by atoms with van der Waals surface area (Å²) in [6, 6.07) is 6.79. The van der Waals surface area contributed by atoms with Crippen molar-refractivity contribution < 1.29 is 19.1 Å². The van der Waals surface area contributed by atoms with Gasteiger partial charge in [-0.25, -0.2) is 4.98 Å². The van der Waals surface area contributed by atoms with Crippen LogP contribution in [0.2, 0.25) is 0 Å². The highest BCUT2D eigenvalue weighted by molar-refractivity contribution is 7.99. The minimum atomic E-state index is -0.258.